The molecule has 0 aliphatic carbocycles. The highest BCUT2D eigenvalue weighted by atomic mass is 35.5. The minimum absolute atomic E-state index is 0.169. The van der Waals surface area contributed by atoms with Gasteiger partial charge in [0, 0.05) is 11.6 Å². The van der Waals surface area contributed by atoms with E-state index in [1.165, 1.54) is 11.8 Å². The summed E-state index contributed by atoms with van der Waals surface area (Å²) in [7, 11) is 0. The van der Waals surface area contributed by atoms with Crippen LogP contribution in [0.1, 0.15) is 6.92 Å². The number of rotatable bonds is 5. The highest BCUT2D eigenvalue weighted by Crippen LogP contribution is 2.23. The summed E-state index contributed by atoms with van der Waals surface area (Å²) in [6.45, 7) is 2.14. The number of nitrogens with zero attached hydrogens (tertiary/aromatic N) is 2. The maximum atomic E-state index is 11.3. The van der Waals surface area contributed by atoms with Crippen LogP contribution in [0, 0.1) is 0 Å². The molecule has 0 unspecified atom stereocenters. The smallest absolute Gasteiger partial charge is 0.316 e. The molecule has 20 heavy (non-hydrogen) atoms. The summed E-state index contributed by atoms with van der Waals surface area (Å²) in [6, 6.07) is 11.4. The Labute approximate surface area is 126 Å². The van der Waals surface area contributed by atoms with E-state index < -0.39 is 0 Å². The van der Waals surface area contributed by atoms with Gasteiger partial charge in [-0.25, -0.2) is 9.97 Å². The summed E-state index contributed by atoms with van der Waals surface area (Å²) < 4.78 is 4.86. The Kier molecular flexibility index (Phi) is 5.38. The minimum Gasteiger partial charge on any atom is -0.465 e. The number of thioether (sulfide) groups is 1. The van der Waals surface area contributed by atoms with Gasteiger partial charge >= 0.3 is 5.97 Å². The third kappa shape index (κ3) is 4.21. The van der Waals surface area contributed by atoms with Gasteiger partial charge in [0.2, 0.25) is 0 Å². The molecule has 2 aromatic rings. The van der Waals surface area contributed by atoms with Crippen molar-refractivity contribution in [3.05, 3.63) is 41.6 Å². The van der Waals surface area contributed by atoms with Crippen LogP contribution in [0.4, 0.5) is 0 Å². The Morgan fingerprint density at radius 3 is 2.75 bits per heavy atom. The fourth-order valence-corrected chi connectivity index (χ4v) is 2.43. The Bertz CT molecular complexity index is 593. The SMILES string of the molecule is CCOC(=O)CSc1nc(Cl)cc(-c2ccccc2)n1. The van der Waals surface area contributed by atoms with E-state index in [2.05, 4.69) is 9.97 Å². The van der Waals surface area contributed by atoms with Crippen LogP contribution in [0.15, 0.2) is 41.6 Å². The van der Waals surface area contributed by atoms with Crippen molar-refractivity contribution in [3.8, 4) is 11.3 Å². The largest absolute Gasteiger partial charge is 0.465 e. The second kappa shape index (κ2) is 7.26. The predicted octanol–water partition coefficient (Wildman–Crippen LogP) is 3.45. The van der Waals surface area contributed by atoms with E-state index in [0.717, 1.165) is 11.3 Å². The fraction of sp³-hybridized carbons (Fsp3) is 0.214. The number of hydrogen-bond acceptors (Lipinski definition) is 5. The van der Waals surface area contributed by atoms with Crippen LogP contribution in [0.3, 0.4) is 0 Å². The van der Waals surface area contributed by atoms with Crippen molar-refractivity contribution in [1.82, 2.24) is 9.97 Å². The van der Waals surface area contributed by atoms with Crippen LogP contribution in [-0.4, -0.2) is 28.3 Å². The molecule has 0 aliphatic rings. The highest BCUT2D eigenvalue weighted by molar-refractivity contribution is 7.99. The van der Waals surface area contributed by atoms with E-state index in [0.29, 0.717) is 16.9 Å². The number of carbonyl (C=O) groups excluding carboxylic acids is 1. The average molecular weight is 309 g/mol. The number of aromatic nitrogens is 2. The second-order valence-corrected chi connectivity index (χ2v) is 5.15. The lowest BCUT2D eigenvalue weighted by molar-refractivity contribution is -0.139. The van der Waals surface area contributed by atoms with Gasteiger partial charge in [-0.05, 0) is 6.92 Å². The van der Waals surface area contributed by atoms with Gasteiger partial charge in [0.25, 0.3) is 0 Å². The number of hydrogen-bond donors (Lipinski definition) is 0. The third-order valence-corrected chi connectivity index (χ3v) is 3.38. The van der Waals surface area contributed by atoms with Crippen molar-refractivity contribution < 1.29 is 9.53 Å². The lowest BCUT2D eigenvalue weighted by atomic mass is 10.1. The molecule has 4 nitrogen and oxygen atoms in total. The summed E-state index contributed by atoms with van der Waals surface area (Å²) in [4.78, 5) is 19.8. The molecule has 0 amide bonds. The number of ether oxygens (including phenoxy) is 1. The minimum atomic E-state index is -0.290. The Morgan fingerprint density at radius 1 is 1.30 bits per heavy atom. The molecule has 2 rings (SSSR count). The first-order chi connectivity index (χ1) is 9.69. The molecule has 1 heterocycles. The van der Waals surface area contributed by atoms with Crippen LogP contribution >= 0.6 is 23.4 Å². The fourth-order valence-electron chi connectivity index (χ4n) is 1.54. The second-order valence-electron chi connectivity index (χ2n) is 3.82. The number of esters is 1. The molecule has 0 bridgehead atoms. The van der Waals surface area contributed by atoms with E-state index in [1.54, 1.807) is 13.0 Å². The van der Waals surface area contributed by atoms with E-state index >= 15 is 0 Å². The maximum Gasteiger partial charge on any atom is 0.316 e. The molecule has 0 fully saturated rings. The van der Waals surface area contributed by atoms with Gasteiger partial charge in [-0.15, -0.1) is 0 Å². The van der Waals surface area contributed by atoms with Crippen molar-refractivity contribution in [2.45, 2.75) is 12.1 Å². The summed E-state index contributed by atoms with van der Waals surface area (Å²) >= 11 is 7.21. The first-order valence-corrected chi connectivity index (χ1v) is 7.44. The first kappa shape index (κ1) is 14.8. The monoisotopic (exact) mass is 308 g/mol. The molecule has 0 radical (unpaired) electrons. The lowest BCUT2D eigenvalue weighted by Crippen LogP contribution is -2.07. The summed E-state index contributed by atoms with van der Waals surface area (Å²) in [6.07, 6.45) is 0. The van der Waals surface area contributed by atoms with E-state index in [4.69, 9.17) is 16.3 Å². The molecule has 0 saturated carbocycles. The molecule has 104 valence electrons. The van der Waals surface area contributed by atoms with Gasteiger partial charge in [-0.2, -0.15) is 0 Å². The number of halogens is 1. The third-order valence-electron chi connectivity index (χ3n) is 2.37. The summed E-state index contributed by atoms with van der Waals surface area (Å²) in [5.74, 6) is -0.120. The molecule has 0 aliphatic heterocycles. The normalized spacial score (nSPS) is 10.3. The summed E-state index contributed by atoms with van der Waals surface area (Å²) in [5, 5.41) is 0.814. The van der Waals surface area contributed by atoms with Crippen LogP contribution in [-0.2, 0) is 9.53 Å². The van der Waals surface area contributed by atoms with Crippen molar-refractivity contribution >= 4 is 29.3 Å². The van der Waals surface area contributed by atoms with Gasteiger partial charge < -0.3 is 4.74 Å². The zero-order chi connectivity index (χ0) is 14.4. The van der Waals surface area contributed by atoms with Crippen molar-refractivity contribution in [1.29, 1.82) is 0 Å². The van der Waals surface area contributed by atoms with Crippen molar-refractivity contribution in [2.24, 2.45) is 0 Å². The predicted molar refractivity (Wildman–Crippen MR) is 79.8 cm³/mol. The molecule has 0 saturated heterocycles. The van der Waals surface area contributed by atoms with Crippen LogP contribution in [0.25, 0.3) is 11.3 Å². The van der Waals surface area contributed by atoms with Crippen LogP contribution in [0.5, 0.6) is 0 Å². The topological polar surface area (TPSA) is 52.1 Å². The van der Waals surface area contributed by atoms with E-state index in [1.807, 2.05) is 30.3 Å². The van der Waals surface area contributed by atoms with Crippen molar-refractivity contribution in [2.75, 3.05) is 12.4 Å². The molecule has 0 atom stereocenters. The quantitative estimate of drug-likeness (QED) is 0.366. The average Bonchev–Trinajstić information content (AvgIpc) is 2.46. The summed E-state index contributed by atoms with van der Waals surface area (Å²) in [5.41, 5.74) is 1.69. The Morgan fingerprint density at radius 2 is 2.05 bits per heavy atom. The van der Waals surface area contributed by atoms with Gasteiger partial charge in [0.15, 0.2) is 5.16 Å². The molecule has 1 aromatic carbocycles. The maximum absolute atomic E-state index is 11.3. The first-order valence-electron chi connectivity index (χ1n) is 6.07. The number of carbonyl (C=O) groups is 1. The van der Waals surface area contributed by atoms with Gasteiger partial charge in [-0.1, -0.05) is 53.7 Å². The molecule has 0 N–H and O–H groups in total. The Hall–Kier alpha value is -1.59. The van der Waals surface area contributed by atoms with Gasteiger partial charge in [0.05, 0.1) is 18.1 Å². The molecule has 1 aromatic heterocycles. The van der Waals surface area contributed by atoms with E-state index in [9.17, 15) is 4.79 Å². The highest BCUT2D eigenvalue weighted by Gasteiger charge is 2.09. The van der Waals surface area contributed by atoms with Crippen LogP contribution in [0.2, 0.25) is 5.15 Å². The standard InChI is InChI=1S/C14H13ClN2O2S/c1-2-19-13(18)9-20-14-16-11(8-12(15)17-14)10-6-4-3-5-7-10/h3-8H,2,9H2,1H3. The molecule has 6 heteroatoms. The molecular formula is C14H13ClN2O2S. The zero-order valence-corrected chi connectivity index (χ0v) is 12.4. The van der Waals surface area contributed by atoms with Gasteiger partial charge in [-0.3, -0.25) is 4.79 Å². The van der Waals surface area contributed by atoms with Crippen LogP contribution < -0.4 is 0 Å². The van der Waals surface area contributed by atoms with E-state index in [-0.39, 0.29) is 11.7 Å². The lowest BCUT2D eigenvalue weighted by Gasteiger charge is -2.05. The Balaban J connectivity index is 2.15. The van der Waals surface area contributed by atoms with Gasteiger partial charge in [0.1, 0.15) is 5.15 Å². The number of benzene rings is 1. The molecular weight excluding hydrogens is 296 g/mol. The molecule has 0 spiro atoms. The zero-order valence-electron chi connectivity index (χ0n) is 10.9. The van der Waals surface area contributed by atoms with Crippen molar-refractivity contribution in [3.63, 3.8) is 0 Å².